The number of hydrogen-bond acceptors (Lipinski definition) is 4. The van der Waals surface area contributed by atoms with E-state index in [-0.39, 0.29) is 25.2 Å². The SMILES string of the molecule is C=C[C@@H](COCOC)OC(C(C)C)(C(C)C)P(=O)(O)O. The summed E-state index contributed by atoms with van der Waals surface area (Å²) in [5.74, 6) is -0.735. The molecule has 0 bridgehead atoms. The first-order valence-electron chi connectivity index (χ1n) is 6.56. The average molecular weight is 310 g/mol. The number of ether oxygens (including phenoxy) is 3. The number of hydrogen-bond donors (Lipinski definition) is 2. The van der Waals surface area contributed by atoms with Gasteiger partial charge in [0, 0.05) is 7.11 Å². The van der Waals surface area contributed by atoms with Crippen LogP contribution in [0.3, 0.4) is 0 Å². The van der Waals surface area contributed by atoms with Gasteiger partial charge in [-0.05, 0) is 11.8 Å². The third kappa shape index (κ3) is 4.65. The van der Waals surface area contributed by atoms with Gasteiger partial charge in [-0.25, -0.2) is 0 Å². The van der Waals surface area contributed by atoms with E-state index in [2.05, 4.69) is 6.58 Å². The maximum absolute atomic E-state index is 12.0. The highest BCUT2D eigenvalue weighted by Gasteiger charge is 2.54. The van der Waals surface area contributed by atoms with Crippen molar-refractivity contribution in [2.24, 2.45) is 11.8 Å². The summed E-state index contributed by atoms with van der Waals surface area (Å²) < 4.78 is 27.7. The van der Waals surface area contributed by atoms with Crippen LogP contribution in [-0.4, -0.2) is 41.7 Å². The Balaban J connectivity index is 5.24. The molecule has 120 valence electrons. The molecule has 6 nitrogen and oxygen atoms in total. The van der Waals surface area contributed by atoms with Crippen molar-refractivity contribution >= 4 is 7.60 Å². The van der Waals surface area contributed by atoms with E-state index in [4.69, 9.17) is 14.2 Å². The summed E-state index contributed by atoms with van der Waals surface area (Å²) >= 11 is 0. The Bertz CT molecular complexity index is 328. The van der Waals surface area contributed by atoms with Crippen molar-refractivity contribution in [3.8, 4) is 0 Å². The van der Waals surface area contributed by atoms with Crippen molar-refractivity contribution in [3.63, 3.8) is 0 Å². The quantitative estimate of drug-likeness (QED) is 0.279. The van der Waals surface area contributed by atoms with Crippen molar-refractivity contribution in [1.82, 2.24) is 0 Å². The lowest BCUT2D eigenvalue weighted by Crippen LogP contribution is -2.46. The largest absolute Gasteiger partial charge is 0.359 e. The van der Waals surface area contributed by atoms with Crippen LogP contribution in [0.25, 0.3) is 0 Å². The fourth-order valence-electron chi connectivity index (χ4n) is 2.32. The highest BCUT2D eigenvalue weighted by atomic mass is 31.2. The molecule has 20 heavy (non-hydrogen) atoms. The smallest absolute Gasteiger partial charge is 0.357 e. The first-order chi connectivity index (χ1) is 9.13. The molecule has 0 aliphatic rings. The Labute approximate surface area is 121 Å². The first-order valence-corrected chi connectivity index (χ1v) is 8.17. The third-order valence-corrected chi connectivity index (χ3v) is 5.24. The summed E-state index contributed by atoms with van der Waals surface area (Å²) in [6, 6.07) is 0. The molecule has 0 saturated carbocycles. The van der Waals surface area contributed by atoms with Crippen molar-refractivity contribution in [2.75, 3.05) is 20.5 Å². The molecule has 0 amide bonds. The van der Waals surface area contributed by atoms with Gasteiger partial charge < -0.3 is 24.0 Å². The maximum Gasteiger partial charge on any atom is 0.357 e. The molecular weight excluding hydrogens is 283 g/mol. The van der Waals surface area contributed by atoms with E-state index in [1.54, 1.807) is 27.7 Å². The van der Waals surface area contributed by atoms with Crippen LogP contribution in [0.4, 0.5) is 0 Å². The van der Waals surface area contributed by atoms with E-state index < -0.39 is 19.0 Å². The van der Waals surface area contributed by atoms with Crippen LogP contribution in [0.15, 0.2) is 12.7 Å². The molecule has 0 aliphatic carbocycles. The molecule has 2 N–H and O–H groups in total. The van der Waals surface area contributed by atoms with Crippen LogP contribution >= 0.6 is 7.60 Å². The van der Waals surface area contributed by atoms with Gasteiger partial charge in [0.25, 0.3) is 0 Å². The molecule has 0 aromatic rings. The van der Waals surface area contributed by atoms with Crippen molar-refractivity contribution in [1.29, 1.82) is 0 Å². The zero-order chi connectivity index (χ0) is 16.0. The monoisotopic (exact) mass is 310 g/mol. The Morgan fingerprint density at radius 3 is 2.05 bits per heavy atom. The van der Waals surface area contributed by atoms with Gasteiger partial charge in [-0.1, -0.05) is 33.8 Å². The summed E-state index contributed by atoms with van der Waals surface area (Å²) in [6.07, 6.45) is 0.854. The molecule has 0 fully saturated rings. The predicted molar refractivity (Wildman–Crippen MR) is 77.3 cm³/mol. The van der Waals surface area contributed by atoms with Gasteiger partial charge in [-0.15, -0.1) is 6.58 Å². The van der Waals surface area contributed by atoms with Crippen LogP contribution in [0, 0.1) is 11.8 Å². The zero-order valence-corrected chi connectivity index (χ0v) is 13.8. The molecule has 0 radical (unpaired) electrons. The van der Waals surface area contributed by atoms with Crippen LogP contribution in [0.1, 0.15) is 27.7 Å². The normalized spacial score (nSPS) is 14.8. The molecule has 0 heterocycles. The maximum atomic E-state index is 12.0. The molecule has 7 heteroatoms. The number of rotatable bonds is 10. The summed E-state index contributed by atoms with van der Waals surface area (Å²) in [6.45, 7) is 10.8. The summed E-state index contributed by atoms with van der Waals surface area (Å²) in [5, 5.41) is -1.57. The fraction of sp³-hybridized carbons (Fsp3) is 0.846. The molecule has 0 spiro atoms. The Morgan fingerprint density at radius 2 is 1.75 bits per heavy atom. The lowest BCUT2D eigenvalue weighted by Gasteiger charge is -2.42. The van der Waals surface area contributed by atoms with Crippen LogP contribution in [0.2, 0.25) is 0 Å². The number of methoxy groups -OCH3 is 1. The second-order valence-electron chi connectivity index (χ2n) is 5.27. The van der Waals surface area contributed by atoms with E-state index in [1.807, 2.05) is 0 Å². The minimum Gasteiger partial charge on any atom is -0.359 e. The molecule has 0 aliphatic heterocycles. The summed E-state index contributed by atoms with van der Waals surface area (Å²) in [5.41, 5.74) is 0. The van der Waals surface area contributed by atoms with E-state index in [1.165, 1.54) is 13.2 Å². The molecule has 0 aromatic heterocycles. The molecule has 0 saturated heterocycles. The van der Waals surface area contributed by atoms with Crippen LogP contribution < -0.4 is 0 Å². The lowest BCUT2D eigenvalue weighted by atomic mass is 9.95. The van der Waals surface area contributed by atoms with Gasteiger partial charge in [0.2, 0.25) is 0 Å². The van der Waals surface area contributed by atoms with Crippen LogP contribution in [0.5, 0.6) is 0 Å². The Kier molecular flexibility index (Phi) is 8.18. The zero-order valence-electron chi connectivity index (χ0n) is 12.9. The van der Waals surface area contributed by atoms with Crippen molar-refractivity contribution in [3.05, 3.63) is 12.7 Å². The molecule has 0 rings (SSSR count). The second kappa shape index (κ2) is 8.27. The highest BCUT2D eigenvalue weighted by molar-refractivity contribution is 7.53. The summed E-state index contributed by atoms with van der Waals surface area (Å²) in [4.78, 5) is 19.5. The lowest BCUT2D eigenvalue weighted by molar-refractivity contribution is -0.127. The van der Waals surface area contributed by atoms with E-state index in [0.717, 1.165) is 0 Å². The topological polar surface area (TPSA) is 85.2 Å². The molecule has 1 atom stereocenters. The average Bonchev–Trinajstić information content (AvgIpc) is 2.30. The van der Waals surface area contributed by atoms with Gasteiger partial charge >= 0.3 is 7.60 Å². The van der Waals surface area contributed by atoms with Crippen molar-refractivity contribution in [2.45, 2.75) is 39.1 Å². The predicted octanol–water partition coefficient (Wildman–Crippen LogP) is 2.36. The van der Waals surface area contributed by atoms with Crippen molar-refractivity contribution < 1.29 is 28.6 Å². The minimum absolute atomic E-state index is 0.0833. The van der Waals surface area contributed by atoms with E-state index in [9.17, 15) is 14.4 Å². The first kappa shape index (κ1) is 19.8. The minimum atomic E-state index is -4.48. The van der Waals surface area contributed by atoms with Gasteiger partial charge in [0.1, 0.15) is 12.9 Å². The standard InChI is InChI=1S/C13H27O6P/c1-7-12(8-18-9-17-6)19-13(10(2)3,11(4)5)20(14,15)16/h7,10-12H,1,8-9H2,2-6H3,(H2,14,15,16)/t12-/m0/s1. The second-order valence-corrected chi connectivity index (χ2v) is 7.06. The summed E-state index contributed by atoms with van der Waals surface area (Å²) in [7, 11) is -2.99. The van der Waals surface area contributed by atoms with E-state index >= 15 is 0 Å². The van der Waals surface area contributed by atoms with Gasteiger partial charge in [0.05, 0.1) is 6.61 Å². The van der Waals surface area contributed by atoms with Gasteiger partial charge in [-0.2, -0.15) is 0 Å². The van der Waals surface area contributed by atoms with E-state index in [0.29, 0.717) is 0 Å². The molecule has 0 aromatic carbocycles. The highest BCUT2D eigenvalue weighted by Crippen LogP contribution is 2.59. The molecule has 0 unspecified atom stereocenters. The fourth-order valence-corrected chi connectivity index (χ4v) is 3.94. The van der Waals surface area contributed by atoms with Gasteiger partial charge in [-0.3, -0.25) is 4.57 Å². The third-order valence-electron chi connectivity index (χ3n) is 3.20. The molecular formula is C13H27O6P. The van der Waals surface area contributed by atoms with Gasteiger partial charge in [0.15, 0.2) is 5.34 Å². The Morgan fingerprint density at radius 1 is 1.25 bits per heavy atom. The Hall–Kier alpha value is -0.230. The van der Waals surface area contributed by atoms with Crippen LogP contribution in [-0.2, 0) is 18.8 Å².